The van der Waals surface area contributed by atoms with Crippen LogP contribution in [0.3, 0.4) is 0 Å². The van der Waals surface area contributed by atoms with E-state index in [1.54, 1.807) is 0 Å². The Morgan fingerprint density at radius 2 is 1.69 bits per heavy atom. The zero-order valence-electron chi connectivity index (χ0n) is 18.2. The molecule has 1 unspecified atom stereocenters. The van der Waals surface area contributed by atoms with Gasteiger partial charge in [-0.1, -0.05) is 23.8 Å². The highest BCUT2D eigenvalue weighted by atomic mass is 19.1. The number of allylic oxidation sites excluding steroid dienone is 3. The first kappa shape index (κ1) is 22.9. The molecule has 0 amide bonds. The van der Waals surface area contributed by atoms with Crippen LogP contribution >= 0.6 is 0 Å². The Bertz CT molecular complexity index is 1140. The second-order valence-electron chi connectivity index (χ2n) is 7.40. The van der Waals surface area contributed by atoms with Gasteiger partial charge in [0.15, 0.2) is 11.6 Å². The zero-order valence-corrected chi connectivity index (χ0v) is 18.2. The Balaban J connectivity index is 2.16. The summed E-state index contributed by atoms with van der Waals surface area (Å²) in [6.45, 7) is 3.76. The molecule has 0 heterocycles. The molecule has 2 aromatic rings. The van der Waals surface area contributed by atoms with Crippen LogP contribution in [-0.2, 0) is 4.74 Å². The minimum atomic E-state index is -0.931. The Morgan fingerprint density at radius 3 is 2.28 bits per heavy atom. The molecular weight excluding hydrogens is 415 g/mol. The number of ether oxygens (including phenoxy) is 3. The minimum absolute atomic E-state index is 0.0403. The molecule has 32 heavy (non-hydrogen) atoms. The van der Waals surface area contributed by atoms with E-state index < -0.39 is 29.5 Å². The topological polar surface area (TPSA) is 78.9 Å². The lowest BCUT2D eigenvalue weighted by Crippen LogP contribution is -2.19. The van der Waals surface area contributed by atoms with E-state index in [0.717, 1.165) is 11.6 Å². The van der Waals surface area contributed by atoms with Crippen LogP contribution in [0.2, 0.25) is 0 Å². The fraction of sp³-hybridized carbons (Fsp3) is 0.240. The van der Waals surface area contributed by atoms with Gasteiger partial charge in [0.1, 0.15) is 23.4 Å². The number of rotatable bonds is 7. The third-order valence-electron chi connectivity index (χ3n) is 5.01. The van der Waals surface area contributed by atoms with Crippen LogP contribution in [0.15, 0.2) is 54.1 Å². The smallest absolute Gasteiger partial charge is 0.341 e. The van der Waals surface area contributed by atoms with E-state index >= 15 is 0 Å². The second-order valence-corrected chi connectivity index (χ2v) is 7.40. The Labute approximate surface area is 185 Å². The van der Waals surface area contributed by atoms with Crippen LogP contribution in [0.4, 0.5) is 4.39 Å². The van der Waals surface area contributed by atoms with Crippen molar-refractivity contribution in [3.63, 3.8) is 0 Å². The van der Waals surface area contributed by atoms with E-state index in [2.05, 4.69) is 0 Å². The van der Waals surface area contributed by atoms with Gasteiger partial charge in [0.25, 0.3) is 0 Å². The minimum Gasteiger partial charge on any atom is -0.496 e. The molecule has 7 heteroatoms. The molecule has 1 aliphatic rings. The summed E-state index contributed by atoms with van der Waals surface area (Å²) in [7, 11) is 2.73. The van der Waals surface area contributed by atoms with Crippen molar-refractivity contribution in [1.29, 1.82) is 0 Å². The van der Waals surface area contributed by atoms with E-state index in [-0.39, 0.29) is 34.6 Å². The van der Waals surface area contributed by atoms with Gasteiger partial charge in [0, 0.05) is 12.0 Å². The maximum Gasteiger partial charge on any atom is 0.341 e. The van der Waals surface area contributed by atoms with Crippen LogP contribution < -0.4 is 9.47 Å². The average Bonchev–Trinajstić information content (AvgIpc) is 2.77. The summed E-state index contributed by atoms with van der Waals surface area (Å²) in [6.07, 6.45) is 3.48. The lowest BCUT2D eigenvalue weighted by atomic mass is 9.88. The number of halogens is 1. The molecule has 6 nitrogen and oxygen atoms in total. The number of fused-ring (bicyclic) bond motifs is 1. The monoisotopic (exact) mass is 438 g/mol. The Hall–Kier alpha value is -3.74. The molecule has 0 N–H and O–H groups in total. The molecule has 0 fully saturated rings. The van der Waals surface area contributed by atoms with Gasteiger partial charge in [-0.2, -0.15) is 0 Å². The normalized spacial score (nSPS) is 13.3. The number of carbonyl (C=O) groups is 3. The zero-order chi connectivity index (χ0) is 23.4. The molecule has 166 valence electrons. The largest absolute Gasteiger partial charge is 0.496 e. The van der Waals surface area contributed by atoms with Gasteiger partial charge in [-0.25, -0.2) is 9.18 Å². The fourth-order valence-electron chi connectivity index (χ4n) is 3.48. The quantitative estimate of drug-likeness (QED) is 0.446. The summed E-state index contributed by atoms with van der Waals surface area (Å²) < 4.78 is 30.7. The molecule has 3 rings (SSSR count). The van der Waals surface area contributed by atoms with Crippen LogP contribution in [-0.4, -0.2) is 31.8 Å². The van der Waals surface area contributed by atoms with Gasteiger partial charge in [-0.3, -0.25) is 9.59 Å². The van der Waals surface area contributed by atoms with E-state index in [0.29, 0.717) is 5.56 Å². The molecule has 0 radical (unpaired) electrons. The molecule has 0 aliphatic heterocycles. The summed E-state index contributed by atoms with van der Waals surface area (Å²) in [5, 5.41) is 0. The van der Waals surface area contributed by atoms with Crippen molar-refractivity contribution in [1.82, 2.24) is 0 Å². The Kier molecular flexibility index (Phi) is 6.88. The van der Waals surface area contributed by atoms with Crippen molar-refractivity contribution in [3.8, 4) is 11.5 Å². The highest BCUT2D eigenvalue weighted by Crippen LogP contribution is 2.42. The molecule has 1 atom stereocenters. The number of benzene rings is 2. The van der Waals surface area contributed by atoms with E-state index in [4.69, 9.17) is 14.2 Å². The predicted molar refractivity (Wildman–Crippen MR) is 116 cm³/mol. The first-order chi connectivity index (χ1) is 15.3. The molecule has 1 aliphatic carbocycles. The number of methoxy groups -OCH3 is 2. The first-order valence-electron chi connectivity index (χ1n) is 9.93. The van der Waals surface area contributed by atoms with Gasteiger partial charge >= 0.3 is 5.97 Å². The first-order valence-corrected chi connectivity index (χ1v) is 9.93. The Morgan fingerprint density at radius 1 is 1.03 bits per heavy atom. The van der Waals surface area contributed by atoms with Crippen molar-refractivity contribution in [3.05, 3.63) is 82.2 Å². The summed E-state index contributed by atoms with van der Waals surface area (Å²) in [6, 6.07) is 7.01. The summed E-state index contributed by atoms with van der Waals surface area (Å²) >= 11 is 0. The lowest BCUT2D eigenvalue weighted by molar-refractivity contribution is 0.0292. The molecule has 0 saturated carbocycles. The number of hydrogen-bond donors (Lipinski definition) is 0. The highest BCUT2D eigenvalue weighted by molar-refractivity contribution is 6.24. The number of ketones is 2. The van der Waals surface area contributed by atoms with Gasteiger partial charge in [0.05, 0.1) is 30.9 Å². The van der Waals surface area contributed by atoms with Crippen LogP contribution in [0, 0.1) is 5.82 Å². The van der Waals surface area contributed by atoms with Crippen molar-refractivity contribution >= 4 is 17.5 Å². The standard InChI is InChI=1S/C25H23FO6/c1-14(2)9-12-20(32-25(29)15-7-5-6-8-17(15)26)16-13-21(30-3)22-18(27)10-11-19(28)23(22)24(16)31-4/h5-11,13,20H,12H2,1-4H3. The fourth-order valence-corrected chi connectivity index (χ4v) is 3.48. The maximum atomic E-state index is 14.1. The van der Waals surface area contributed by atoms with E-state index in [9.17, 15) is 18.8 Å². The van der Waals surface area contributed by atoms with Gasteiger partial charge < -0.3 is 14.2 Å². The van der Waals surface area contributed by atoms with Gasteiger partial charge in [-0.05, 0) is 44.2 Å². The van der Waals surface area contributed by atoms with Crippen molar-refractivity contribution in [2.45, 2.75) is 26.4 Å². The molecule has 0 aromatic heterocycles. The molecule has 0 spiro atoms. The summed E-state index contributed by atoms with van der Waals surface area (Å²) in [5.41, 5.74) is 1.21. The number of hydrogen-bond acceptors (Lipinski definition) is 6. The molecular formula is C25H23FO6. The van der Waals surface area contributed by atoms with Crippen LogP contribution in [0.1, 0.15) is 63.0 Å². The molecule has 0 saturated heterocycles. The van der Waals surface area contributed by atoms with Crippen molar-refractivity contribution in [2.75, 3.05) is 14.2 Å². The SMILES string of the molecule is COc1cc(C(CC=C(C)C)OC(=O)c2ccccc2F)c(OC)c2c1C(=O)C=CC2=O. The third-order valence-corrected chi connectivity index (χ3v) is 5.01. The van der Waals surface area contributed by atoms with Gasteiger partial charge in [-0.15, -0.1) is 0 Å². The molecule has 2 aromatic carbocycles. The van der Waals surface area contributed by atoms with E-state index in [1.165, 1.54) is 50.6 Å². The van der Waals surface area contributed by atoms with Crippen LogP contribution in [0.25, 0.3) is 0 Å². The number of esters is 1. The lowest BCUT2D eigenvalue weighted by Gasteiger charge is -2.24. The highest BCUT2D eigenvalue weighted by Gasteiger charge is 2.33. The average molecular weight is 438 g/mol. The third kappa shape index (κ3) is 4.46. The van der Waals surface area contributed by atoms with Crippen molar-refractivity contribution in [2.24, 2.45) is 0 Å². The van der Waals surface area contributed by atoms with Crippen molar-refractivity contribution < 1.29 is 33.0 Å². The number of carbonyl (C=O) groups excluding carboxylic acids is 3. The summed E-state index contributed by atoms with van der Waals surface area (Å²) in [5.74, 6) is -2.14. The van der Waals surface area contributed by atoms with Gasteiger partial charge in [0.2, 0.25) is 0 Å². The predicted octanol–water partition coefficient (Wildman–Crippen LogP) is 5.03. The second kappa shape index (κ2) is 9.60. The summed E-state index contributed by atoms with van der Waals surface area (Å²) in [4.78, 5) is 37.9. The van der Waals surface area contributed by atoms with E-state index in [1.807, 2.05) is 19.9 Å². The van der Waals surface area contributed by atoms with Crippen LogP contribution in [0.5, 0.6) is 11.5 Å². The molecule has 0 bridgehead atoms. The maximum absolute atomic E-state index is 14.1.